The van der Waals surface area contributed by atoms with Crippen LogP contribution in [-0.4, -0.2) is 47.0 Å². The molecule has 0 bridgehead atoms. The highest BCUT2D eigenvalue weighted by Crippen LogP contribution is 2.30. The number of aromatic hydroxyl groups is 2. The summed E-state index contributed by atoms with van der Waals surface area (Å²) in [4.78, 5) is 2.44. The average molecular weight is 338 g/mol. The molecule has 1 aliphatic rings. The highest BCUT2D eigenvalue weighted by Gasteiger charge is 2.21. The van der Waals surface area contributed by atoms with E-state index < -0.39 is 0 Å². The fourth-order valence-corrected chi connectivity index (χ4v) is 3.23. The Hall–Kier alpha value is -1.49. The SMILES string of the molecule is CC1CN(CCc2ccc3cc(O)c(O)cc3c2)CC(C)O1.Cl. The number of hydrogen-bond acceptors (Lipinski definition) is 4. The second-order valence-corrected chi connectivity index (χ2v) is 6.29. The second kappa shape index (κ2) is 7.39. The number of halogens is 1. The van der Waals surface area contributed by atoms with Crippen molar-refractivity contribution in [2.45, 2.75) is 32.5 Å². The topological polar surface area (TPSA) is 52.9 Å². The normalized spacial score (nSPS) is 22.0. The first-order chi connectivity index (χ1) is 10.5. The molecule has 2 unspecified atom stereocenters. The van der Waals surface area contributed by atoms with Gasteiger partial charge in [0.25, 0.3) is 0 Å². The van der Waals surface area contributed by atoms with E-state index in [-0.39, 0.29) is 23.9 Å². The van der Waals surface area contributed by atoms with E-state index in [1.54, 1.807) is 12.1 Å². The van der Waals surface area contributed by atoms with Crippen molar-refractivity contribution in [3.63, 3.8) is 0 Å². The van der Waals surface area contributed by atoms with Crippen LogP contribution in [-0.2, 0) is 11.2 Å². The van der Waals surface area contributed by atoms with Gasteiger partial charge in [-0.15, -0.1) is 12.4 Å². The number of hydrogen-bond donors (Lipinski definition) is 2. The standard InChI is InChI=1S/C18H23NO3.ClH/c1-12-10-19(11-13(2)22-12)6-5-14-3-4-15-8-17(20)18(21)9-16(15)7-14;/h3-4,7-9,12-13,20-21H,5-6,10-11H2,1-2H3;1H. The summed E-state index contributed by atoms with van der Waals surface area (Å²) < 4.78 is 5.76. The molecule has 0 saturated carbocycles. The van der Waals surface area contributed by atoms with E-state index in [4.69, 9.17) is 4.74 Å². The van der Waals surface area contributed by atoms with Crippen molar-refractivity contribution in [1.82, 2.24) is 4.90 Å². The first-order valence-corrected chi connectivity index (χ1v) is 7.83. The van der Waals surface area contributed by atoms with Crippen molar-refractivity contribution < 1.29 is 14.9 Å². The van der Waals surface area contributed by atoms with Crippen LogP contribution in [0.4, 0.5) is 0 Å². The largest absolute Gasteiger partial charge is 0.504 e. The Morgan fingerprint density at radius 3 is 2.26 bits per heavy atom. The van der Waals surface area contributed by atoms with Crippen LogP contribution < -0.4 is 0 Å². The second-order valence-electron chi connectivity index (χ2n) is 6.29. The molecule has 5 heteroatoms. The Bertz CT molecular complexity index is 667. The third-order valence-electron chi connectivity index (χ3n) is 4.21. The molecule has 23 heavy (non-hydrogen) atoms. The lowest BCUT2D eigenvalue weighted by Gasteiger charge is -2.35. The van der Waals surface area contributed by atoms with Crippen LogP contribution >= 0.6 is 12.4 Å². The summed E-state index contributed by atoms with van der Waals surface area (Å²) in [6.45, 7) is 7.20. The maximum absolute atomic E-state index is 9.63. The van der Waals surface area contributed by atoms with Crippen LogP contribution in [0.25, 0.3) is 10.8 Å². The van der Waals surface area contributed by atoms with Crippen molar-refractivity contribution in [2.75, 3.05) is 19.6 Å². The van der Waals surface area contributed by atoms with Crippen molar-refractivity contribution >= 4 is 23.2 Å². The molecule has 0 aliphatic carbocycles. The predicted octanol–water partition coefficient (Wildman–Crippen LogP) is 3.32. The lowest BCUT2D eigenvalue weighted by Crippen LogP contribution is -2.46. The van der Waals surface area contributed by atoms with Crippen molar-refractivity contribution in [3.05, 3.63) is 35.9 Å². The zero-order valence-electron chi connectivity index (χ0n) is 13.5. The van der Waals surface area contributed by atoms with E-state index in [2.05, 4.69) is 30.9 Å². The van der Waals surface area contributed by atoms with E-state index in [1.165, 1.54) is 5.56 Å². The summed E-state index contributed by atoms with van der Waals surface area (Å²) in [6.07, 6.45) is 1.55. The maximum atomic E-state index is 9.63. The third kappa shape index (κ3) is 4.28. The molecule has 1 aliphatic heterocycles. The number of benzene rings is 2. The van der Waals surface area contributed by atoms with Gasteiger partial charge in [0.1, 0.15) is 0 Å². The summed E-state index contributed by atoms with van der Waals surface area (Å²) in [5.74, 6) is -0.142. The van der Waals surface area contributed by atoms with Gasteiger partial charge in [-0.1, -0.05) is 18.2 Å². The maximum Gasteiger partial charge on any atom is 0.158 e. The molecule has 2 aromatic carbocycles. The van der Waals surface area contributed by atoms with Crippen LogP contribution in [0.1, 0.15) is 19.4 Å². The fraction of sp³-hybridized carbons (Fsp3) is 0.444. The molecular formula is C18H24ClNO3. The smallest absolute Gasteiger partial charge is 0.158 e. The number of phenolic OH excluding ortho intramolecular Hbond substituents is 2. The zero-order chi connectivity index (χ0) is 15.7. The van der Waals surface area contributed by atoms with E-state index >= 15 is 0 Å². The van der Waals surface area contributed by atoms with Crippen LogP contribution in [0.2, 0.25) is 0 Å². The summed E-state index contributed by atoms with van der Waals surface area (Å²) in [7, 11) is 0. The van der Waals surface area contributed by atoms with Gasteiger partial charge in [0.05, 0.1) is 12.2 Å². The van der Waals surface area contributed by atoms with Gasteiger partial charge in [-0.2, -0.15) is 0 Å². The van der Waals surface area contributed by atoms with Gasteiger partial charge in [-0.3, -0.25) is 4.90 Å². The number of ether oxygens (including phenoxy) is 1. The van der Waals surface area contributed by atoms with Crippen LogP contribution in [0.5, 0.6) is 11.5 Å². The molecule has 0 spiro atoms. The van der Waals surface area contributed by atoms with Gasteiger partial charge >= 0.3 is 0 Å². The van der Waals surface area contributed by atoms with Gasteiger partial charge in [-0.25, -0.2) is 0 Å². The Kier molecular flexibility index (Phi) is 5.74. The van der Waals surface area contributed by atoms with E-state index in [0.29, 0.717) is 12.2 Å². The molecule has 0 amide bonds. The highest BCUT2D eigenvalue weighted by molar-refractivity contribution is 5.86. The van der Waals surface area contributed by atoms with E-state index in [0.717, 1.165) is 36.8 Å². The lowest BCUT2D eigenvalue weighted by atomic mass is 10.0. The number of nitrogens with zero attached hydrogens (tertiary/aromatic N) is 1. The first kappa shape index (κ1) is 17.9. The molecule has 1 heterocycles. The Morgan fingerprint density at radius 2 is 1.61 bits per heavy atom. The van der Waals surface area contributed by atoms with Crippen molar-refractivity contribution in [2.24, 2.45) is 0 Å². The molecule has 4 nitrogen and oxygen atoms in total. The molecule has 2 atom stereocenters. The van der Waals surface area contributed by atoms with Crippen LogP contribution in [0, 0.1) is 0 Å². The first-order valence-electron chi connectivity index (χ1n) is 7.83. The van der Waals surface area contributed by atoms with Gasteiger partial charge in [-0.05, 0) is 48.7 Å². The monoisotopic (exact) mass is 337 g/mol. The van der Waals surface area contributed by atoms with Gasteiger partial charge in [0.2, 0.25) is 0 Å². The molecule has 0 radical (unpaired) electrons. The summed E-state index contributed by atoms with van der Waals surface area (Å²) in [5, 5.41) is 21.1. The minimum absolute atomic E-state index is 0. The van der Waals surface area contributed by atoms with Gasteiger partial charge < -0.3 is 14.9 Å². The quantitative estimate of drug-likeness (QED) is 0.844. The summed E-state index contributed by atoms with van der Waals surface area (Å²) in [5.41, 5.74) is 1.24. The molecule has 0 aromatic heterocycles. The summed E-state index contributed by atoms with van der Waals surface area (Å²) in [6, 6.07) is 9.38. The molecule has 126 valence electrons. The molecule has 2 N–H and O–H groups in total. The minimum atomic E-state index is -0.0726. The Labute approximate surface area is 143 Å². The summed E-state index contributed by atoms with van der Waals surface area (Å²) >= 11 is 0. The Morgan fingerprint density at radius 1 is 1.00 bits per heavy atom. The number of phenols is 2. The van der Waals surface area contributed by atoms with Crippen molar-refractivity contribution in [1.29, 1.82) is 0 Å². The molecule has 1 fully saturated rings. The highest BCUT2D eigenvalue weighted by atomic mass is 35.5. The molecular weight excluding hydrogens is 314 g/mol. The number of morpholine rings is 1. The number of rotatable bonds is 3. The average Bonchev–Trinajstić information content (AvgIpc) is 2.45. The molecule has 2 aromatic rings. The zero-order valence-corrected chi connectivity index (χ0v) is 14.3. The van der Waals surface area contributed by atoms with Gasteiger partial charge in [0.15, 0.2) is 11.5 Å². The Balaban J connectivity index is 0.00000192. The number of fused-ring (bicyclic) bond motifs is 1. The van der Waals surface area contributed by atoms with E-state index in [1.807, 2.05) is 6.07 Å². The van der Waals surface area contributed by atoms with Crippen LogP contribution in [0.3, 0.4) is 0 Å². The van der Waals surface area contributed by atoms with E-state index in [9.17, 15) is 10.2 Å². The molecule has 3 rings (SSSR count). The van der Waals surface area contributed by atoms with Crippen molar-refractivity contribution in [3.8, 4) is 11.5 Å². The lowest BCUT2D eigenvalue weighted by molar-refractivity contribution is -0.0675. The predicted molar refractivity (Wildman–Crippen MR) is 94.7 cm³/mol. The minimum Gasteiger partial charge on any atom is -0.504 e. The van der Waals surface area contributed by atoms with Gasteiger partial charge in [0, 0.05) is 19.6 Å². The van der Waals surface area contributed by atoms with Crippen LogP contribution in [0.15, 0.2) is 30.3 Å². The fourth-order valence-electron chi connectivity index (χ4n) is 3.23. The molecule has 1 saturated heterocycles. The third-order valence-corrected chi connectivity index (χ3v) is 4.21.